The van der Waals surface area contributed by atoms with Crippen LogP contribution in [0.2, 0.25) is 0 Å². The van der Waals surface area contributed by atoms with Gasteiger partial charge in [-0.2, -0.15) is 0 Å². The number of carbonyl (C=O) groups excluding carboxylic acids is 1. The Labute approximate surface area is 189 Å². The van der Waals surface area contributed by atoms with E-state index in [0.717, 1.165) is 28.6 Å². The van der Waals surface area contributed by atoms with E-state index < -0.39 is 5.60 Å². The van der Waals surface area contributed by atoms with Crippen molar-refractivity contribution < 1.29 is 9.90 Å². The average molecular weight is 427 g/mol. The highest BCUT2D eigenvalue weighted by Crippen LogP contribution is 2.37. The fraction of sp³-hybridized carbons (Fsp3) is 0.286. The van der Waals surface area contributed by atoms with E-state index in [4.69, 9.17) is 4.98 Å². The van der Waals surface area contributed by atoms with E-state index >= 15 is 0 Å². The number of ketones is 1. The molecule has 0 amide bonds. The molecule has 0 fully saturated rings. The van der Waals surface area contributed by atoms with Gasteiger partial charge in [-0.15, -0.1) is 0 Å². The summed E-state index contributed by atoms with van der Waals surface area (Å²) in [6.45, 7) is 6.94. The molecule has 4 nitrogen and oxygen atoms in total. The molecule has 4 aromatic rings. The molecule has 164 valence electrons. The van der Waals surface area contributed by atoms with Gasteiger partial charge in [0.25, 0.3) is 0 Å². The summed E-state index contributed by atoms with van der Waals surface area (Å²) in [5.41, 5.74) is 2.40. The molecular formula is C28H30N2O2. The molecule has 1 heterocycles. The molecule has 4 heteroatoms. The molecule has 0 unspecified atom stereocenters. The number of nitrogens with zero attached hydrogens (tertiary/aromatic N) is 2. The van der Waals surface area contributed by atoms with Crippen molar-refractivity contribution in [1.82, 2.24) is 9.55 Å². The van der Waals surface area contributed by atoms with Gasteiger partial charge in [-0.25, -0.2) is 4.98 Å². The van der Waals surface area contributed by atoms with Crippen LogP contribution in [0.15, 0.2) is 78.9 Å². The zero-order valence-electron chi connectivity index (χ0n) is 19.0. The highest BCUT2D eigenvalue weighted by atomic mass is 16.3. The lowest BCUT2D eigenvalue weighted by Crippen LogP contribution is -2.32. The van der Waals surface area contributed by atoms with E-state index in [2.05, 4.69) is 13.8 Å². The number of hydrogen-bond donors (Lipinski definition) is 1. The van der Waals surface area contributed by atoms with Gasteiger partial charge in [0.2, 0.25) is 0 Å². The maximum Gasteiger partial charge on any atom is 0.173 e. The molecule has 0 aliphatic rings. The predicted octanol–water partition coefficient (Wildman–Crippen LogP) is 5.96. The summed E-state index contributed by atoms with van der Waals surface area (Å²) in [5, 5.41) is 12.2. The number of carbonyl (C=O) groups is 1. The zero-order valence-corrected chi connectivity index (χ0v) is 19.0. The van der Waals surface area contributed by atoms with Gasteiger partial charge in [-0.05, 0) is 48.6 Å². The van der Waals surface area contributed by atoms with Crippen molar-refractivity contribution in [2.75, 3.05) is 0 Å². The Bertz CT molecular complexity index is 1170. The van der Waals surface area contributed by atoms with Crippen LogP contribution in [-0.4, -0.2) is 20.4 Å². The fourth-order valence-corrected chi connectivity index (χ4v) is 4.25. The molecule has 0 atom stereocenters. The number of aromatic nitrogens is 2. The third-order valence-corrected chi connectivity index (χ3v) is 6.04. The number of aliphatic hydroxyl groups is 1. The van der Waals surface area contributed by atoms with Gasteiger partial charge in [-0.3, -0.25) is 4.79 Å². The van der Waals surface area contributed by atoms with E-state index in [1.165, 1.54) is 0 Å². The van der Waals surface area contributed by atoms with Crippen LogP contribution < -0.4 is 0 Å². The minimum absolute atomic E-state index is 0.134. The highest BCUT2D eigenvalue weighted by molar-refractivity contribution is 5.99. The second kappa shape index (κ2) is 9.09. The summed E-state index contributed by atoms with van der Waals surface area (Å²) in [6.07, 6.45) is 1.40. The van der Waals surface area contributed by atoms with Crippen molar-refractivity contribution in [1.29, 1.82) is 0 Å². The van der Waals surface area contributed by atoms with Crippen LogP contribution in [0.5, 0.6) is 0 Å². The monoisotopic (exact) mass is 426 g/mol. The number of rotatable bonds is 8. The number of Topliss-reactive ketones (excluding diaryl/α,β-unsaturated/α-hetero) is 1. The van der Waals surface area contributed by atoms with Crippen LogP contribution in [0.3, 0.4) is 0 Å². The van der Waals surface area contributed by atoms with E-state index in [1.807, 2.05) is 90.4 Å². The van der Waals surface area contributed by atoms with Crippen LogP contribution in [0.25, 0.3) is 11.0 Å². The van der Waals surface area contributed by atoms with Crippen molar-refractivity contribution in [2.45, 2.75) is 45.8 Å². The maximum absolute atomic E-state index is 12.7. The van der Waals surface area contributed by atoms with E-state index in [9.17, 15) is 9.90 Å². The van der Waals surface area contributed by atoms with Crippen molar-refractivity contribution in [3.63, 3.8) is 0 Å². The van der Waals surface area contributed by atoms with E-state index in [-0.39, 0.29) is 5.78 Å². The summed E-state index contributed by atoms with van der Waals surface area (Å²) in [4.78, 5) is 17.6. The smallest absolute Gasteiger partial charge is 0.173 e. The molecule has 4 rings (SSSR count). The third kappa shape index (κ3) is 3.98. The first-order valence-corrected chi connectivity index (χ1v) is 11.3. The van der Waals surface area contributed by atoms with Crippen molar-refractivity contribution in [3.05, 3.63) is 101 Å². The van der Waals surface area contributed by atoms with Crippen molar-refractivity contribution >= 4 is 16.8 Å². The Morgan fingerprint density at radius 2 is 1.56 bits per heavy atom. The van der Waals surface area contributed by atoms with Crippen LogP contribution in [0.1, 0.15) is 60.9 Å². The predicted molar refractivity (Wildman–Crippen MR) is 129 cm³/mol. The molecule has 0 spiro atoms. The minimum atomic E-state index is -1.42. The summed E-state index contributed by atoms with van der Waals surface area (Å²) in [5.74, 6) is 1.18. The molecule has 0 saturated heterocycles. The molecule has 0 bridgehead atoms. The Morgan fingerprint density at radius 1 is 0.969 bits per heavy atom. The topological polar surface area (TPSA) is 55.1 Å². The summed E-state index contributed by atoms with van der Waals surface area (Å²) in [7, 11) is 0. The number of benzene rings is 3. The molecule has 1 N–H and O–H groups in total. The quantitative estimate of drug-likeness (QED) is 0.354. The second-order valence-corrected chi connectivity index (χ2v) is 8.68. The summed E-state index contributed by atoms with van der Waals surface area (Å²) >= 11 is 0. The molecule has 3 aromatic carbocycles. The molecule has 0 aliphatic carbocycles. The number of hydrogen-bond acceptors (Lipinski definition) is 3. The van der Waals surface area contributed by atoms with Gasteiger partial charge in [0.15, 0.2) is 17.2 Å². The SMILES string of the molecule is CCn1c(C(O)(c2ccccc2)c2ccccc2)nc2cc(C(=O)CCC(C)C)ccc21. The first kappa shape index (κ1) is 22.0. The zero-order chi connectivity index (χ0) is 22.7. The number of fused-ring (bicyclic) bond motifs is 1. The summed E-state index contributed by atoms with van der Waals surface area (Å²) < 4.78 is 2.04. The van der Waals surface area contributed by atoms with Crippen LogP contribution in [0, 0.1) is 5.92 Å². The molecule has 0 saturated carbocycles. The first-order valence-electron chi connectivity index (χ1n) is 11.3. The lowest BCUT2D eigenvalue weighted by Gasteiger charge is -2.29. The second-order valence-electron chi connectivity index (χ2n) is 8.68. The van der Waals surface area contributed by atoms with E-state index in [0.29, 0.717) is 30.3 Å². The minimum Gasteiger partial charge on any atom is -0.373 e. The lowest BCUT2D eigenvalue weighted by molar-refractivity contribution is 0.0975. The van der Waals surface area contributed by atoms with Crippen LogP contribution in [0.4, 0.5) is 0 Å². The van der Waals surface area contributed by atoms with Gasteiger partial charge in [0.05, 0.1) is 11.0 Å². The third-order valence-electron chi connectivity index (χ3n) is 6.04. The molecular weight excluding hydrogens is 396 g/mol. The Kier molecular flexibility index (Phi) is 6.24. The highest BCUT2D eigenvalue weighted by Gasteiger charge is 2.38. The largest absolute Gasteiger partial charge is 0.373 e. The molecule has 32 heavy (non-hydrogen) atoms. The Hall–Kier alpha value is -3.24. The number of aryl methyl sites for hydroxylation is 1. The van der Waals surface area contributed by atoms with Gasteiger partial charge >= 0.3 is 0 Å². The van der Waals surface area contributed by atoms with Gasteiger partial charge in [-0.1, -0.05) is 74.5 Å². The van der Waals surface area contributed by atoms with Crippen molar-refractivity contribution in [3.8, 4) is 0 Å². The molecule has 1 aromatic heterocycles. The van der Waals surface area contributed by atoms with Gasteiger partial charge in [0.1, 0.15) is 0 Å². The Balaban J connectivity index is 1.88. The standard InChI is InChI=1S/C28H30N2O2/c1-4-30-25-17-16-21(26(31)18-15-20(2)3)19-24(25)29-27(30)28(32,22-11-7-5-8-12-22)23-13-9-6-10-14-23/h5-14,16-17,19-20,32H,4,15,18H2,1-3H3. The molecule has 0 aliphatic heterocycles. The fourth-order valence-electron chi connectivity index (χ4n) is 4.25. The first-order chi connectivity index (χ1) is 15.4. The average Bonchev–Trinajstić information content (AvgIpc) is 3.21. The van der Waals surface area contributed by atoms with Crippen LogP contribution in [-0.2, 0) is 12.1 Å². The maximum atomic E-state index is 12.7. The van der Waals surface area contributed by atoms with Crippen LogP contribution >= 0.6 is 0 Å². The van der Waals surface area contributed by atoms with Crippen molar-refractivity contribution in [2.24, 2.45) is 5.92 Å². The summed E-state index contributed by atoms with van der Waals surface area (Å²) in [6, 6.07) is 25.0. The normalized spacial score (nSPS) is 11.9. The van der Waals surface area contributed by atoms with Gasteiger partial charge < -0.3 is 9.67 Å². The van der Waals surface area contributed by atoms with Gasteiger partial charge in [0, 0.05) is 18.5 Å². The number of imidazole rings is 1. The van der Waals surface area contributed by atoms with E-state index in [1.54, 1.807) is 0 Å². The lowest BCUT2D eigenvalue weighted by atomic mass is 9.85. The molecule has 0 radical (unpaired) electrons. The Morgan fingerprint density at radius 3 is 2.09 bits per heavy atom.